The molecule has 0 spiro atoms. The molecular formula is C43H54O6. The molecule has 1 saturated carbocycles. The van der Waals surface area contributed by atoms with E-state index in [1.807, 2.05) is 0 Å². The molecule has 4 aromatic rings. The van der Waals surface area contributed by atoms with Gasteiger partial charge in [0, 0.05) is 24.2 Å². The Kier molecular flexibility index (Phi) is 17.1. The van der Waals surface area contributed by atoms with Crippen molar-refractivity contribution < 1.29 is 29.6 Å². The minimum atomic E-state index is -0.233. The second-order valence-corrected chi connectivity index (χ2v) is 13.1. The van der Waals surface area contributed by atoms with E-state index in [4.69, 9.17) is 14.9 Å². The molecule has 262 valence electrons. The largest absolute Gasteiger partial charge is 0.396 e. The molecule has 0 heterocycles. The highest BCUT2D eigenvalue weighted by atomic mass is 16.5. The predicted molar refractivity (Wildman–Crippen MR) is 202 cm³/mol. The van der Waals surface area contributed by atoms with Gasteiger partial charge in [0.2, 0.25) is 0 Å². The Morgan fingerprint density at radius 2 is 1.29 bits per heavy atom. The standard InChI is InChI=1S/C35H42O2.2C4H6O2/c1-3-4-5-6-25-7-9-26(10-8-25)27-11-12-29-20-30(14-13-28(29)19-27)31-15-16-33-22-34(18-17-32(33)21-31)35(23-36)24-37-2;2*1-4(2-5)3-6/h11-22,25-26,35-36H,3-10,23-24H2,1-2H3;2*2,6H,1,3H2. The number of aldehydes is 2. The maximum Gasteiger partial charge on any atom is 0.147 e. The monoisotopic (exact) mass is 666 g/mol. The molecule has 0 radical (unpaired) electrons. The van der Waals surface area contributed by atoms with Gasteiger partial charge in [-0.05, 0) is 93.5 Å². The fourth-order valence-electron chi connectivity index (χ4n) is 6.39. The summed E-state index contributed by atoms with van der Waals surface area (Å²) in [5.74, 6) is 1.70. The average Bonchev–Trinajstić information content (AvgIpc) is 3.16. The van der Waals surface area contributed by atoms with E-state index in [9.17, 15) is 14.7 Å². The highest BCUT2D eigenvalue weighted by Crippen LogP contribution is 2.39. The third-order valence-corrected chi connectivity index (χ3v) is 9.40. The normalized spacial score (nSPS) is 16.1. The summed E-state index contributed by atoms with van der Waals surface area (Å²) in [5, 5.41) is 30.8. The molecule has 6 nitrogen and oxygen atoms in total. The van der Waals surface area contributed by atoms with E-state index in [0.717, 1.165) is 17.4 Å². The van der Waals surface area contributed by atoms with Crippen molar-refractivity contribution in [2.24, 2.45) is 5.92 Å². The van der Waals surface area contributed by atoms with Crippen LogP contribution in [-0.2, 0) is 14.3 Å². The average molecular weight is 667 g/mol. The minimum Gasteiger partial charge on any atom is -0.396 e. The Hall–Kier alpha value is -3.94. The van der Waals surface area contributed by atoms with Gasteiger partial charge in [-0.25, -0.2) is 0 Å². The molecule has 0 aromatic heterocycles. The van der Waals surface area contributed by atoms with E-state index < -0.39 is 0 Å². The summed E-state index contributed by atoms with van der Waals surface area (Å²) in [6, 6.07) is 27.2. The number of aliphatic hydroxyl groups is 3. The summed E-state index contributed by atoms with van der Waals surface area (Å²) in [5.41, 5.74) is 5.58. The van der Waals surface area contributed by atoms with Crippen molar-refractivity contribution in [2.75, 3.05) is 33.5 Å². The van der Waals surface area contributed by atoms with Crippen LogP contribution >= 0.6 is 0 Å². The van der Waals surface area contributed by atoms with Gasteiger partial charge in [0.05, 0.1) is 26.4 Å². The molecule has 1 atom stereocenters. The third kappa shape index (κ3) is 12.2. The van der Waals surface area contributed by atoms with Crippen LogP contribution in [0.4, 0.5) is 0 Å². The zero-order chi connectivity index (χ0) is 35.6. The topological polar surface area (TPSA) is 104 Å². The Morgan fingerprint density at radius 3 is 1.78 bits per heavy atom. The van der Waals surface area contributed by atoms with Gasteiger partial charge in [-0.15, -0.1) is 0 Å². The summed E-state index contributed by atoms with van der Waals surface area (Å²) in [6.45, 7) is 8.80. The van der Waals surface area contributed by atoms with Crippen LogP contribution in [-0.4, -0.2) is 61.4 Å². The quantitative estimate of drug-likeness (QED) is 0.0707. The van der Waals surface area contributed by atoms with Crippen LogP contribution in [0.1, 0.15) is 81.3 Å². The van der Waals surface area contributed by atoms with Crippen molar-refractivity contribution in [1.29, 1.82) is 0 Å². The van der Waals surface area contributed by atoms with Crippen LogP contribution in [0, 0.1) is 5.92 Å². The number of ether oxygens (including phenoxy) is 1. The lowest BCUT2D eigenvalue weighted by atomic mass is 9.76. The molecule has 1 aliphatic carbocycles. The van der Waals surface area contributed by atoms with Crippen LogP contribution in [0.15, 0.2) is 97.1 Å². The lowest BCUT2D eigenvalue weighted by Crippen LogP contribution is -2.13. The Bertz CT molecular complexity index is 1630. The maximum absolute atomic E-state index is 9.72. The van der Waals surface area contributed by atoms with Crippen LogP contribution in [0.2, 0.25) is 0 Å². The molecule has 0 saturated heterocycles. The van der Waals surface area contributed by atoms with Crippen molar-refractivity contribution in [3.05, 3.63) is 108 Å². The van der Waals surface area contributed by atoms with E-state index in [0.29, 0.717) is 19.2 Å². The first-order valence-electron chi connectivity index (χ1n) is 17.5. The number of hydrogen-bond donors (Lipinski definition) is 3. The van der Waals surface area contributed by atoms with E-state index in [1.165, 1.54) is 89.6 Å². The van der Waals surface area contributed by atoms with Gasteiger partial charge in [-0.2, -0.15) is 0 Å². The lowest BCUT2D eigenvalue weighted by Gasteiger charge is -2.29. The van der Waals surface area contributed by atoms with Crippen LogP contribution in [0.3, 0.4) is 0 Å². The summed E-state index contributed by atoms with van der Waals surface area (Å²) in [7, 11) is 1.68. The van der Waals surface area contributed by atoms with Crippen LogP contribution in [0.25, 0.3) is 32.7 Å². The van der Waals surface area contributed by atoms with Gasteiger partial charge in [0.25, 0.3) is 0 Å². The number of benzene rings is 4. The van der Waals surface area contributed by atoms with Crippen molar-refractivity contribution in [1.82, 2.24) is 0 Å². The SMILES string of the molecule is C=C(C=O)CO.C=C(C=O)CO.CCCCCC1CCC(c2ccc3cc(-c4ccc5cc(C(CO)COC)ccc5c4)ccc3c2)CC1. The maximum atomic E-state index is 9.72. The van der Waals surface area contributed by atoms with Gasteiger partial charge in [0.1, 0.15) is 12.6 Å². The van der Waals surface area contributed by atoms with Crippen molar-refractivity contribution in [3.8, 4) is 11.1 Å². The smallest absolute Gasteiger partial charge is 0.147 e. The Labute approximate surface area is 292 Å². The number of fused-ring (bicyclic) bond motifs is 2. The molecule has 1 fully saturated rings. The first-order chi connectivity index (χ1) is 23.8. The van der Waals surface area contributed by atoms with Gasteiger partial charge >= 0.3 is 0 Å². The van der Waals surface area contributed by atoms with E-state index in [2.05, 4.69) is 92.9 Å². The van der Waals surface area contributed by atoms with Gasteiger partial charge < -0.3 is 20.1 Å². The second kappa shape index (κ2) is 21.2. The molecule has 0 aliphatic heterocycles. The van der Waals surface area contributed by atoms with Gasteiger partial charge in [0.15, 0.2) is 0 Å². The summed E-state index contributed by atoms with van der Waals surface area (Å²) in [6.07, 6.45) is 12.1. The van der Waals surface area contributed by atoms with Crippen LogP contribution in [0.5, 0.6) is 0 Å². The summed E-state index contributed by atoms with van der Waals surface area (Å²) in [4.78, 5) is 19.0. The molecule has 0 bridgehead atoms. The summed E-state index contributed by atoms with van der Waals surface area (Å²) >= 11 is 0. The van der Waals surface area contributed by atoms with Crippen molar-refractivity contribution in [2.45, 2.75) is 70.1 Å². The highest BCUT2D eigenvalue weighted by Gasteiger charge is 2.22. The Balaban J connectivity index is 0.000000465. The van der Waals surface area contributed by atoms with Gasteiger partial charge in [-0.3, -0.25) is 9.59 Å². The predicted octanol–water partition coefficient (Wildman–Crippen LogP) is 8.70. The highest BCUT2D eigenvalue weighted by molar-refractivity contribution is 5.92. The van der Waals surface area contributed by atoms with Gasteiger partial charge in [-0.1, -0.05) is 106 Å². The lowest BCUT2D eigenvalue weighted by molar-refractivity contribution is -0.106. The molecule has 49 heavy (non-hydrogen) atoms. The number of carbonyl (C=O) groups is 2. The first-order valence-corrected chi connectivity index (χ1v) is 17.5. The second-order valence-electron chi connectivity index (χ2n) is 13.1. The van der Waals surface area contributed by atoms with Crippen molar-refractivity contribution >= 4 is 34.1 Å². The molecular weight excluding hydrogens is 612 g/mol. The van der Waals surface area contributed by atoms with E-state index in [-0.39, 0.29) is 36.9 Å². The zero-order valence-corrected chi connectivity index (χ0v) is 29.3. The molecule has 3 N–H and O–H groups in total. The number of hydrogen-bond acceptors (Lipinski definition) is 6. The number of methoxy groups -OCH3 is 1. The minimum absolute atomic E-state index is 0.0142. The molecule has 1 aliphatic rings. The van der Waals surface area contributed by atoms with Crippen LogP contribution < -0.4 is 0 Å². The zero-order valence-electron chi connectivity index (χ0n) is 29.3. The number of carbonyl (C=O) groups excluding carboxylic acids is 2. The van der Waals surface area contributed by atoms with E-state index in [1.54, 1.807) is 7.11 Å². The number of aliphatic hydroxyl groups excluding tert-OH is 3. The number of rotatable bonds is 14. The van der Waals surface area contributed by atoms with E-state index >= 15 is 0 Å². The molecule has 6 heteroatoms. The number of unbranched alkanes of at least 4 members (excludes halogenated alkanes) is 2. The van der Waals surface area contributed by atoms with Crippen molar-refractivity contribution in [3.63, 3.8) is 0 Å². The summed E-state index contributed by atoms with van der Waals surface area (Å²) < 4.78 is 5.28. The first kappa shape index (κ1) is 39.5. The molecule has 0 amide bonds. The third-order valence-electron chi connectivity index (χ3n) is 9.40. The molecule has 1 unspecified atom stereocenters. The fourth-order valence-corrected chi connectivity index (χ4v) is 6.39. The Morgan fingerprint density at radius 1 is 0.755 bits per heavy atom. The fraction of sp³-hybridized carbons (Fsp3) is 0.395. The molecule has 4 aromatic carbocycles. The molecule has 5 rings (SSSR count).